The van der Waals surface area contributed by atoms with Crippen molar-refractivity contribution < 1.29 is 27.8 Å². The van der Waals surface area contributed by atoms with Crippen molar-refractivity contribution in [2.75, 3.05) is 20.3 Å². The van der Waals surface area contributed by atoms with E-state index in [4.69, 9.17) is 4.74 Å². The van der Waals surface area contributed by atoms with E-state index in [-0.39, 0.29) is 31.1 Å². The lowest BCUT2D eigenvalue weighted by Gasteiger charge is -2.22. The summed E-state index contributed by atoms with van der Waals surface area (Å²) in [6.45, 7) is 0.256. The lowest BCUT2D eigenvalue weighted by molar-refractivity contribution is -0.134. The Kier molecular flexibility index (Phi) is 5.64. The summed E-state index contributed by atoms with van der Waals surface area (Å²) < 4.78 is 41.9. The molecule has 4 nitrogen and oxygen atoms in total. The fraction of sp³-hybridized carbons (Fsp3) is 0.562. The number of carbonyl (C=O) groups is 1. The number of methoxy groups -OCH3 is 1. The van der Waals surface area contributed by atoms with E-state index < -0.39 is 12.6 Å². The van der Waals surface area contributed by atoms with E-state index >= 15 is 0 Å². The molecule has 1 heterocycles. The van der Waals surface area contributed by atoms with Crippen LogP contribution in [-0.4, -0.2) is 54.5 Å². The molecular formula is C16H20F3NO3. The highest BCUT2D eigenvalue weighted by molar-refractivity contribution is 5.94. The van der Waals surface area contributed by atoms with Gasteiger partial charge in [0.15, 0.2) is 0 Å². The molecule has 128 valence electrons. The molecule has 0 radical (unpaired) electrons. The summed E-state index contributed by atoms with van der Waals surface area (Å²) in [6.07, 6.45) is -4.71. The maximum absolute atomic E-state index is 12.5. The van der Waals surface area contributed by atoms with Gasteiger partial charge in [-0.05, 0) is 30.5 Å². The van der Waals surface area contributed by atoms with Crippen molar-refractivity contribution in [3.63, 3.8) is 0 Å². The van der Waals surface area contributed by atoms with Crippen LogP contribution in [0.2, 0.25) is 0 Å². The summed E-state index contributed by atoms with van der Waals surface area (Å²) in [7, 11) is 1.56. The monoisotopic (exact) mass is 331 g/mol. The van der Waals surface area contributed by atoms with Gasteiger partial charge in [-0.1, -0.05) is 12.1 Å². The molecule has 1 aromatic rings. The molecule has 1 saturated heterocycles. The molecule has 0 aliphatic carbocycles. The van der Waals surface area contributed by atoms with Crippen molar-refractivity contribution >= 4 is 5.91 Å². The minimum absolute atomic E-state index is 0.104. The Labute approximate surface area is 132 Å². The summed E-state index contributed by atoms with van der Waals surface area (Å²) >= 11 is 0. The molecule has 0 spiro atoms. The van der Waals surface area contributed by atoms with Crippen molar-refractivity contribution in [3.05, 3.63) is 35.4 Å². The van der Waals surface area contributed by atoms with Gasteiger partial charge in [-0.25, -0.2) is 0 Å². The zero-order valence-electron chi connectivity index (χ0n) is 12.8. The summed E-state index contributed by atoms with van der Waals surface area (Å²) in [5.41, 5.74) is 0.935. The Morgan fingerprint density at radius 3 is 2.52 bits per heavy atom. The van der Waals surface area contributed by atoms with Crippen LogP contribution in [0.5, 0.6) is 0 Å². The SMILES string of the molecule is CO[C@@H]1C[C@@H](CO)N(C(=O)c2ccc(CCC(F)(F)F)cc2)C1. The van der Waals surface area contributed by atoms with Gasteiger partial charge in [0, 0.05) is 25.6 Å². The number of benzene rings is 1. The zero-order valence-corrected chi connectivity index (χ0v) is 12.8. The predicted octanol–water partition coefficient (Wildman–Crippen LogP) is 2.40. The maximum Gasteiger partial charge on any atom is 0.389 e. The number of amides is 1. The highest BCUT2D eigenvalue weighted by atomic mass is 19.4. The second kappa shape index (κ2) is 7.31. The smallest absolute Gasteiger partial charge is 0.389 e. The number of ether oxygens (including phenoxy) is 1. The van der Waals surface area contributed by atoms with E-state index in [9.17, 15) is 23.1 Å². The van der Waals surface area contributed by atoms with E-state index in [1.165, 1.54) is 24.3 Å². The van der Waals surface area contributed by atoms with Crippen LogP contribution >= 0.6 is 0 Å². The first-order chi connectivity index (χ1) is 10.8. The van der Waals surface area contributed by atoms with Crippen LogP contribution in [0.4, 0.5) is 13.2 Å². The molecule has 1 aromatic carbocycles. The number of halogens is 3. The zero-order chi connectivity index (χ0) is 17.0. The van der Waals surface area contributed by atoms with E-state index in [2.05, 4.69) is 0 Å². The predicted molar refractivity (Wildman–Crippen MR) is 78.1 cm³/mol. The maximum atomic E-state index is 12.5. The third kappa shape index (κ3) is 4.68. The van der Waals surface area contributed by atoms with Gasteiger partial charge in [0.05, 0.1) is 18.8 Å². The van der Waals surface area contributed by atoms with Crippen LogP contribution in [-0.2, 0) is 11.2 Å². The van der Waals surface area contributed by atoms with Gasteiger partial charge in [0.25, 0.3) is 5.91 Å². The molecule has 0 saturated carbocycles. The van der Waals surface area contributed by atoms with Gasteiger partial charge in [0.2, 0.25) is 0 Å². The molecule has 1 aliphatic rings. The second-order valence-electron chi connectivity index (χ2n) is 5.70. The Balaban J connectivity index is 2.02. The number of aliphatic hydroxyl groups excluding tert-OH is 1. The van der Waals surface area contributed by atoms with Crippen molar-refractivity contribution in [1.82, 2.24) is 4.90 Å². The number of hydrogen-bond acceptors (Lipinski definition) is 3. The number of nitrogens with zero attached hydrogens (tertiary/aromatic N) is 1. The summed E-state index contributed by atoms with van der Waals surface area (Å²) in [4.78, 5) is 14.0. The van der Waals surface area contributed by atoms with Gasteiger partial charge in [0.1, 0.15) is 0 Å². The molecule has 0 bridgehead atoms. The molecular weight excluding hydrogens is 311 g/mol. The Hall–Kier alpha value is -1.60. The highest BCUT2D eigenvalue weighted by Crippen LogP contribution is 2.24. The van der Waals surface area contributed by atoms with E-state index in [0.29, 0.717) is 24.1 Å². The number of aryl methyl sites for hydroxylation is 1. The molecule has 1 aliphatic heterocycles. The molecule has 1 fully saturated rings. The summed E-state index contributed by atoms with van der Waals surface area (Å²) in [5.74, 6) is -0.244. The Morgan fingerprint density at radius 2 is 2.00 bits per heavy atom. The van der Waals surface area contributed by atoms with Crippen LogP contribution in [0.3, 0.4) is 0 Å². The van der Waals surface area contributed by atoms with Crippen molar-refractivity contribution in [2.45, 2.75) is 37.6 Å². The number of hydrogen-bond donors (Lipinski definition) is 1. The van der Waals surface area contributed by atoms with Gasteiger partial charge < -0.3 is 14.7 Å². The first kappa shape index (κ1) is 17.7. The average molecular weight is 331 g/mol. The normalized spacial score (nSPS) is 21.7. The first-order valence-electron chi connectivity index (χ1n) is 7.44. The average Bonchev–Trinajstić information content (AvgIpc) is 2.95. The van der Waals surface area contributed by atoms with Gasteiger partial charge in [-0.2, -0.15) is 13.2 Å². The van der Waals surface area contributed by atoms with Crippen LogP contribution in [0, 0.1) is 0 Å². The number of carbonyl (C=O) groups excluding carboxylic acids is 1. The number of rotatable bonds is 5. The number of likely N-dealkylation sites (tertiary alicyclic amines) is 1. The van der Waals surface area contributed by atoms with Crippen LogP contribution in [0.1, 0.15) is 28.8 Å². The van der Waals surface area contributed by atoms with Gasteiger partial charge >= 0.3 is 6.18 Å². The van der Waals surface area contributed by atoms with Crippen molar-refractivity contribution in [2.24, 2.45) is 0 Å². The molecule has 7 heteroatoms. The van der Waals surface area contributed by atoms with Gasteiger partial charge in [-0.15, -0.1) is 0 Å². The number of alkyl halides is 3. The van der Waals surface area contributed by atoms with Crippen molar-refractivity contribution in [1.29, 1.82) is 0 Å². The molecule has 23 heavy (non-hydrogen) atoms. The van der Waals surface area contributed by atoms with E-state index in [1.807, 2.05) is 0 Å². The van der Waals surface area contributed by atoms with Crippen LogP contribution in [0.15, 0.2) is 24.3 Å². The summed E-state index contributed by atoms with van der Waals surface area (Å²) in [6, 6.07) is 5.84. The quantitative estimate of drug-likeness (QED) is 0.901. The van der Waals surface area contributed by atoms with E-state index in [0.717, 1.165) is 0 Å². The molecule has 1 amide bonds. The molecule has 2 rings (SSSR count). The molecule has 1 N–H and O–H groups in total. The standard InChI is InChI=1S/C16H20F3NO3/c1-23-14-8-13(10-21)20(9-14)15(22)12-4-2-11(3-5-12)6-7-16(17,18)19/h2-5,13-14,21H,6-10H2,1H3/t13-,14+/m0/s1. The van der Waals surface area contributed by atoms with Gasteiger partial charge in [-0.3, -0.25) is 4.79 Å². The fourth-order valence-electron chi connectivity index (χ4n) is 2.73. The third-order valence-corrected chi connectivity index (χ3v) is 4.08. The highest BCUT2D eigenvalue weighted by Gasteiger charge is 2.35. The van der Waals surface area contributed by atoms with Crippen molar-refractivity contribution in [3.8, 4) is 0 Å². The summed E-state index contributed by atoms with van der Waals surface area (Å²) in [5, 5.41) is 9.38. The minimum Gasteiger partial charge on any atom is -0.394 e. The largest absolute Gasteiger partial charge is 0.394 e. The molecule has 0 aromatic heterocycles. The Bertz CT molecular complexity index is 530. The lowest BCUT2D eigenvalue weighted by Crippen LogP contribution is -2.38. The second-order valence-corrected chi connectivity index (χ2v) is 5.70. The fourth-order valence-corrected chi connectivity index (χ4v) is 2.73. The number of aliphatic hydroxyl groups is 1. The lowest BCUT2D eigenvalue weighted by atomic mass is 10.1. The topological polar surface area (TPSA) is 49.8 Å². The van der Waals surface area contributed by atoms with E-state index in [1.54, 1.807) is 12.0 Å². The Morgan fingerprint density at radius 1 is 1.35 bits per heavy atom. The third-order valence-electron chi connectivity index (χ3n) is 4.08. The minimum atomic E-state index is -4.19. The molecule has 0 unspecified atom stereocenters. The first-order valence-corrected chi connectivity index (χ1v) is 7.44. The molecule has 2 atom stereocenters. The van der Waals surface area contributed by atoms with Crippen LogP contribution in [0.25, 0.3) is 0 Å². The van der Waals surface area contributed by atoms with Crippen LogP contribution < -0.4 is 0 Å².